The first-order valence-corrected chi connectivity index (χ1v) is 7.23. The van der Waals surface area contributed by atoms with Gasteiger partial charge in [0.2, 0.25) is 10.0 Å². The van der Waals surface area contributed by atoms with Gasteiger partial charge in [0.15, 0.2) is 0 Å². The number of aliphatic hydroxyl groups excluding tert-OH is 1. The summed E-state index contributed by atoms with van der Waals surface area (Å²) in [7, 11) is -1.63. The predicted molar refractivity (Wildman–Crippen MR) is 67.9 cm³/mol. The monoisotopic (exact) mass is 257 g/mol. The molecule has 0 aliphatic carbocycles. The summed E-state index contributed by atoms with van der Waals surface area (Å²) in [4.78, 5) is 0. The van der Waals surface area contributed by atoms with Gasteiger partial charge in [-0.2, -0.15) is 0 Å². The van der Waals surface area contributed by atoms with Crippen molar-refractivity contribution in [2.24, 2.45) is 0 Å². The van der Waals surface area contributed by atoms with Gasteiger partial charge in [-0.15, -0.1) is 0 Å². The molecule has 4 nitrogen and oxygen atoms in total. The molecule has 0 heterocycles. The summed E-state index contributed by atoms with van der Waals surface area (Å²) >= 11 is 0. The fourth-order valence-corrected chi connectivity index (χ4v) is 2.81. The maximum atomic E-state index is 11.9. The van der Waals surface area contributed by atoms with E-state index < -0.39 is 10.0 Å². The highest BCUT2D eigenvalue weighted by Gasteiger charge is 2.17. The van der Waals surface area contributed by atoms with Crippen LogP contribution in [0.2, 0.25) is 0 Å². The van der Waals surface area contributed by atoms with Crippen molar-refractivity contribution >= 4 is 10.0 Å². The number of nitrogens with zero attached hydrogens (tertiary/aromatic N) is 1. The van der Waals surface area contributed by atoms with Crippen LogP contribution in [0.1, 0.15) is 24.5 Å². The van der Waals surface area contributed by atoms with Crippen molar-refractivity contribution in [2.75, 3.05) is 13.6 Å². The number of hydrogen-bond donors (Lipinski definition) is 1. The largest absolute Gasteiger partial charge is 0.392 e. The molecular weight excluding hydrogens is 238 g/mol. The number of benzene rings is 1. The van der Waals surface area contributed by atoms with Crippen molar-refractivity contribution in [1.82, 2.24) is 4.31 Å². The number of sulfonamides is 1. The smallest absolute Gasteiger partial charge is 0.218 e. The first-order chi connectivity index (χ1) is 7.99. The average molecular weight is 257 g/mol. The Morgan fingerprint density at radius 2 is 1.71 bits per heavy atom. The summed E-state index contributed by atoms with van der Waals surface area (Å²) in [6, 6.07) is 6.96. The standard InChI is InChI=1S/C12H19NO3S/c1-3-8-13(2)17(15,16)10-12-6-4-11(9-14)5-7-12/h4-7,14H,3,8-10H2,1-2H3. The molecule has 1 rings (SSSR count). The number of rotatable bonds is 6. The van der Waals surface area contributed by atoms with Crippen LogP contribution >= 0.6 is 0 Å². The van der Waals surface area contributed by atoms with Crippen molar-refractivity contribution in [3.05, 3.63) is 35.4 Å². The van der Waals surface area contributed by atoms with Gasteiger partial charge in [-0.05, 0) is 17.5 Å². The van der Waals surface area contributed by atoms with Crippen LogP contribution in [0.3, 0.4) is 0 Å². The highest BCUT2D eigenvalue weighted by Crippen LogP contribution is 2.11. The molecule has 96 valence electrons. The molecule has 0 radical (unpaired) electrons. The third-order valence-electron chi connectivity index (χ3n) is 2.57. The predicted octanol–water partition coefficient (Wildman–Crippen LogP) is 1.35. The molecule has 0 amide bonds. The van der Waals surface area contributed by atoms with E-state index >= 15 is 0 Å². The molecule has 0 atom stereocenters. The minimum atomic E-state index is -3.22. The van der Waals surface area contributed by atoms with E-state index in [9.17, 15) is 8.42 Å². The lowest BCUT2D eigenvalue weighted by Gasteiger charge is -2.16. The van der Waals surface area contributed by atoms with E-state index in [0.29, 0.717) is 6.54 Å². The van der Waals surface area contributed by atoms with Crippen LogP contribution < -0.4 is 0 Å². The summed E-state index contributed by atoms with van der Waals surface area (Å²) < 4.78 is 25.2. The van der Waals surface area contributed by atoms with Gasteiger partial charge < -0.3 is 5.11 Å². The van der Waals surface area contributed by atoms with Gasteiger partial charge in [-0.1, -0.05) is 31.2 Å². The van der Waals surface area contributed by atoms with Gasteiger partial charge in [0.1, 0.15) is 0 Å². The molecule has 0 aromatic heterocycles. The highest BCUT2D eigenvalue weighted by molar-refractivity contribution is 7.88. The van der Waals surface area contributed by atoms with Crippen molar-refractivity contribution in [3.63, 3.8) is 0 Å². The first kappa shape index (κ1) is 14.2. The fraction of sp³-hybridized carbons (Fsp3) is 0.500. The molecule has 1 aromatic rings. The zero-order chi connectivity index (χ0) is 12.9. The Balaban J connectivity index is 2.75. The zero-order valence-corrected chi connectivity index (χ0v) is 11.1. The van der Waals surface area contributed by atoms with Crippen molar-refractivity contribution in [2.45, 2.75) is 25.7 Å². The van der Waals surface area contributed by atoms with Crippen LogP contribution in [0.15, 0.2) is 24.3 Å². The molecule has 0 bridgehead atoms. The van der Waals surface area contributed by atoms with Crippen LogP contribution in [0.5, 0.6) is 0 Å². The number of hydrogen-bond acceptors (Lipinski definition) is 3. The van der Waals surface area contributed by atoms with Gasteiger partial charge in [0.05, 0.1) is 12.4 Å². The molecule has 0 fully saturated rings. The van der Waals surface area contributed by atoms with Crippen molar-refractivity contribution in [1.29, 1.82) is 0 Å². The Bertz CT molecular complexity index is 439. The molecule has 1 aromatic carbocycles. The molecule has 0 saturated carbocycles. The van der Waals surface area contributed by atoms with E-state index in [-0.39, 0.29) is 12.4 Å². The second-order valence-electron chi connectivity index (χ2n) is 4.05. The Morgan fingerprint density at radius 3 is 2.18 bits per heavy atom. The third-order valence-corrected chi connectivity index (χ3v) is 4.40. The zero-order valence-electron chi connectivity index (χ0n) is 10.3. The van der Waals surface area contributed by atoms with E-state index in [1.54, 1.807) is 31.3 Å². The molecule has 17 heavy (non-hydrogen) atoms. The van der Waals surface area contributed by atoms with Crippen LogP contribution in [-0.2, 0) is 22.4 Å². The molecule has 0 aliphatic rings. The summed E-state index contributed by atoms with van der Waals surface area (Å²) in [6.07, 6.45) is 0.805. The quantitative estimate of drug-likeness (QED) is 0.837. The fourth-order valence-electron chi connectivity index (χ4n) is 1.52. The maximum absolute atomic E-state index is 11.9. The summed E-state index contributed by atoms with van der Waals surface area (Å²) in [5.41, 5.74) is 1.53. The van der Waals surface area contributed by atoms with Gasteiger partial charge in [0.25, 0.3) is 0 Å². The summed E-state index contributed by atoms with van der Waals surface area (Å²) in [5, 5.41) is 8.89. The molecule has 0 aliphatic heterocycles. The van der Waals surface area contributed by atoms with Crippen molar-refractivity contribution in [3.8, 4) is 0 Å². The van der Waals surface area contributed by atoms with E-state index in [1.165, 1.54) is 4.31 Å². The average Bonchev–Trinajstić information content (AvgIpc) is 2.30. The minimum absolute atomic E-state index is 0.00914. The summed E-state index contributed by atoms with van der Waals surface area (Å²) in [5.74, 6) is 0.00914. The SMILES string of the molecule is CCCN(C)S(=O)(=O)Cc1ccc(CO)cc1. The van der Waals surface area contributed by atoms with Gasteiger partial charge in [-0.25, -0.2) is 12.7 Å². The van der Waals surface area contributed by atoms with Crippen molar-refractivity contribution < 1.29 is 13.5 Å². The lowest BCUT2D eigenvalue weighted by molar-refractivity contribution is 0.282. The second kappa shape index (κ2) is 6.14. The molecule has 0 unspecified atom stereocenters. The minimum Gasteiger partial charge on any atom is -0.392 e. The van der Waals surface area contributed by atoms with Crippen LogP contribution in [-0.4, -0.2) is 31.4 Å². The first-order valence-electron chi connectivity index (χ1n) is 5.62. The van der Waals surface area contributed by atoms with E-state index in [2.05, 4.69) is 0 Å². The van der Waals surface area contributed by atoms with E-state index in [1.807, 2.05) is 6.92 Å². The molecular formula is C12H19NO3S. The van der Waals surface area contributed by atoms with Crippen LogP contribution in [0, 0.1) is 0 Å². The van der Waals surface area contributed by atoms with E-state index in [0.717, 1.165) is 17.5 Å². The lowest BCUT2D eigenvalue weighted by atomic mass is 10.2. The third kappa shape index (κ3) is 4.11. The highest BCUT2D eigenvalue weighted by atomic mass is 32.2. The molecule has 1 N–H and O–H groups in total. The molecule has 5 heteroatoms. The van der Waals surface area contributed by atoms with Crippen LogP contribution in [0.25, 0.3) is 0 Å². The maximum Gasteiger partial charge on any atom is 0.218 e. The Kier molecular flexibility index (Phi) is 5.11. The normalized spacial score (nSPS) is 12.0. The Labute approximate surface area is 103 Å². The van der Waals surface area contributed by atoms with Gasteiger partial charge in [0, 0.05) is 13.6 Å². The molecule has 0 spiro atoms. The topological polar surface area (TPSA) is 57.6 Å². The van der Waals surface area contributed by atoms with E-state index in [4.69, 9.17) is 5.11 Å². The van der Waals surface area contributed by atoms with Gasteiger partial charge in [-0.3, -0.25) is 0 Å². The number of aliphatic hydroxyl groups is 1. The Hall–Kier alpha value is -0.910. The summed E-state index contributed by atoms with van der Waals surface area (Å²) in [6.45, 7) is 2.46. The Morgan fingerprint density at radius 1 is 1.18 bits per heavy atom. The second-order valence-corrected chi connectivity index (χ2v) is 6.13. The lowest BCUT2D eigenvalue weighted by Crippen LogP contribution is -2.28. The van der Waals surface area contributed by atoms with Gasteiger partial charge >= 0.3 is 0 Å². The molecule has 0 saturated heterocycles. The van der Waals surface area contributed by atoms with Crippen LogP contribution in [0.4, 0.5) is 0 Å².